The Balaban J connectivity index is 1.59. The van der Waals surface area contributed by atoms with E-state index in [0.717, 1.165) is 71.9 Å². The lowest BCUT2D eigenvalue weighted by Gasteiger charge is -2.15. The Kier molecular flexibility index (Phi) is 6.49. The largest absolute Gasteiger partial charge is 0.306 e. The zero-order chi connectivity index (χ0) is 33.1. The number of fused-ring (bicyclic) bond motifs is 8. The molecule has 0 radical (unpaired) electrons. The van der Waals surface area contributed by atoms with Crippen molar-refractivity contribution in [3.63, 3.8) is 0 Å². The summed E-state index contributed by atoms with van der Waals surface area (Å²) >= 11 is 0. The summed E-state index contributed by atoms with van der Waals surface area (Å²) in [4.78, 5) is 25.6. The van der Waals surface area contributed by atoms with Gasteiger partial charge in [-0.3, -0.25) is 13.9 Å². The van der Waals surface area contributed by atoms with Gasteiger partial charge in [0.25, 0.3) is 5.56 Å². The number of nitrogens with zero attached hydrogens (tertiary/aromatic N) is 5. The van der Waals surface area contributed by atoms with E-state index in [0.29, 0.717) is 11.3 Å². The van der Waals surface area contributed by atoms with Gasteiger partial charge < -0.3 is 4.57 Å². The van der Waals surface area contributed by atoms with Crippen LogP contribution in [0.3, 0.4) is 0 Å². The summed E-state index contributed by atoms with van der Waals surface area (Å²) in [5.41, 5.74) is 8.25. The Labute approximate surface area is 281 Å². The van der Waals surface area contributed by atoms with Gasteiger partial charge in [0.15, 0.2) is 0 Å². The maximum Gasteiger partial charge on any atom is 0.265 e. The average molecular weight is 632 g/mol. The first-order chi connectivity index (χ1) is 24.2. The molecule has 49 heavy (non-hydrogen) atoms. The lowest BCUT2D eigenvalue weighted by atomic mass is 10.1. The van der Waals surface area contributed by atoms with Crippen molar-refractivity contribution in [1.82, 2.24) is 23.7 Å². The van der Waals surface area contributed by atoms with Crippen LogP contribution in [-0.2, 0) is 0 Å². The molecule has 0 saturated carbocycles. The fourth-order valence-electron chi connectivity index (χ4n) is 7.19. The van der Waals surface area contributed by atoms with Crippen molar-refractivity contribution >= 4 is 60.2 Å². The fraction of sp³-hybridized carbons (Fsp3) is 0. The van der Waals surface area contributed by atoms with Gasteiger partial charge in [0, 0.05) is 33.1 Å². The molecule has 4 heterocycles. The van der Waals surface area contributed by atoms with Crippen LogP contribution in [0.1, 0.15) is 5.69 Å². The van der Waals surface area contributed by atoms with Crippen LogP contribution in [0.5, 0.6) is 0 Å². The topological polar surface area (TPSA) is 57.6 Å². The maximum atomic E-state index is 15.2. The molecule has 0 spiro atoms. The molecule has 0 saturated heterocycles. The van der Waals surface area contributed by atoms with E-state index in [9.17, 15) is 0 Å². The van der Waals surface area contributed by atoms with Gasteiger partial charge >= 0.3 is 0 Å². The van der Waals surface area contributed by atoms with Crippen LogP contribution in [0.2, 0.25) is 0 Å². The van der Waals surface area contributed by atoms with E-state index >= 15 is 4.79 Å². The first kappa shape index (κ1) is 28.4. The van der Waals surface area contributed by atoms with Crippen LogP contribution < -0.4 is 5.56 Å². The van der Waals surface area contributed by atoms with E-state index < -0.39 is 0 Å². The predicted octanol–water partition coefficient (Wildman–Crippen LogP) is 9.73. The highest BCUT2D eigenvalue weighted by Crippen LogP contribution is 2.41. The number of rotatable bonds is 6. The molecule has 0 unspecified atom stereocenters. The molecule has 0 atom stereocenters. The summed E-state index contributed by atoms with van der Waals surface area (Å²) < 4.78 is 6.19. The molecule has 9 rings (SSSR count). The molecule has 9 aromatic rings. The van der Waals surface area contributed by atoms with Crippen LogP contribution >= 0.6 is 0 Å². The molecule has 5 aromatic carbocycles. The average Bonchev–Trinajstić information content (AvgIpc) is 3.68. The third-order valence-corrected chi connectivity index (χ3v) is 9.20. The SMILES string of the molecule is C=C/C=C(\C=C)c1nc(-n2c3ccccc3c3c(=O)n(-c4ccccc4)c4c5ccccc5n(-c5ccccc5)c4c32)nc2ccccc12. The van der Waals surface area contributed by atoms with Gasteiger partial charge in [-0.15, -0.1) is 0 Å². The van der Waals surface area contributed by atoms with E-state index in [-0.39, 0.29) is 5.56 Å². The van der Waals surface area contributed by atoms with Crippen LogP contribution in [0.4, 0.5) is 0 Å². The smallest absolute Gasteiger partial charge is 0.265 e. The van der Waals surface area contributed by atoms with Gasteiger partial charge in [0.2, 0.25) is 5.95 Å². The first-order valence-electron chi connectivity index (χ1n) is 16.1. The molecule has 0 aliphatic rings. The van der Waals surface area contributed by atoms with Crippen LogP contribution in [0, 0.1) is 0 Å². The Morgan fingerprint density at radius 2 is 1.12 bits per heavy atom. The molecule has 6 nitrogen and oxygen atoms in total. The summed E-state index contributed by atoms with van der Waals surface area (Å²) in [6.07, 6.45) is 5.43. The summed E-state index contributed by atoms with van der Waals surface area (Å²) in [6, 6.07) is 44.4. The summed E-state index contributed by atoms with van der Waals surface area (Å²) in [6.45, 7) is 8.02. The highest BCUT2D eigenvalue weighted by Gasteiger charge is 2.28. The van der Waals surface area contributed by atoms with Crippen molar-refractivity contribution in [3.8, 4) is 17.3 Å². The number of hydrogen-bond donors (Lipinski definition) is 0. The van der Waals surface area contributed by atoms with Crippen LogP contribution in [0.15, 0.2) is 170 Å². The van der Waals surface area contributed by atoms with E-state index in [1.807, 2.05) is 120 Å². The molecule has 0 amide bonds. The zero-order valence-electron chi connectivity index (χ0n) is 26.5. The van der Waals surface area contributed by atoms with Crippen molar-refractivity contribution < 1.29 is 0 Å². The van der Waals surface area contributed by atoms with Crippen molar-refractivity contribution in [2.24, 2.45) is 0 Å². The highest BCUT2D eigenvalue weighted by atomic mass is 16.1. The lowest BCUT2D eigenvalue weighted by molar-refractivity contribution is 0.997. The molecule has 4 aromatic heterocycles. The van der Waals surface area contributed by atoms with E-state index in [1.165, 1.54) is 0 Å². The minimum Gasteiger partial charge on any atom is -0.306 e. The number of allylic oxidation sites excluding steroid dienone is 4. The molecule has 6 heteroatoms. The van der Waals surface area contributed by atoms with Crippen molar-refractivity contribution in [1.29, 1.82) is 0 Å². The summed E-state index contributed by atoms with van der Waals surface area (Å²) in [5, 5.41) is 3.28. The second-order valence-electron chi connectivity index (χ2n) is 11.9. The van der Waals surface area contributed by atoms with E-state index in [2.05, 4.69) is 46.6 Å². The number of aromatic nitrogens is 5. The van der Waals surface area contributed by atoms with Gasteiger partial charge in [-0.1, -0.05) is 122 Å². The Morgan fingerprint density at radius 3 is 1.80 bits per heavy atom. The first-order valence-corrected chi connectivity index (χ1v) is 16.1. The summed E-state index contributed by atoms with van der Waals surface area (Å²) in [7, 11) is 0. The Bertz CT molecular complexity index is 2870. The van der Waals surface area contributed by atoms with E-state index in [4.69, 9.17) is 9.97 Å². The molecule has 0 aliphatic heterocycles. The maximum absolute atomic E-state index is 15.2. The molecule has 0 fully saturated rings. The van der Waals surface area contributed by atoms with Crippen molar-refractivity contribution in [3.05, 3.63) is 181 Å². The third-order valence-electron chi connectivity index (χ3n) is 9.20. The monoisotopic (exact) mass is 631 g/mol. The predicted molar refractivity (Wildman–Crippen MR) is 202 cm³/mol. The van der Waals surface area contributed by atoms with Gasteiger partial charge in [0.1, 0.15) is 0 Å². The second-order valence-corrected chi connectivity index (χ2v) is 11.9. The number of pyridine rings is 1. The van der Waals surface area contributed by atoms with Crippen LogP contribution in [-0.4, -0.2) is 23.7 Å². The quantitative estimate of drug-likeness (QED) is 0.172. The zero-order valence-corrected chi connectivity index (χ0v) is 26.5. The van der Waals surface area contributed by atoms with Gasteiger partial charge in [-0.25, -0.2) is 9.97 Å². The molecule has 0 bridgehead atoms. The van der Waals surface area contributed by atoms with Crippen molar-refractivity contribution in [2.45, 2.75) is 0 Å². The van der Waals surface area contributed by atoms with Crippen molar-refractivity contribution in [2.75, 3.05) is 0 Å². The Hall–Kier alpha value is -6.79. The minimum atomic E-state index is -0.112. The molecular weight excluding hydrogens is 603 g/mol. The highest BCUT2D eigenvalue weighted by molar-refractivity contribution is 6.22. The van der Waals surface area contributed by atoms with Crippen LogP contribution in [0.25, 0.3) is 77.5 Å². The van der Waals surface area contributed by atoms with Gasteiger partial charge in [0.05, 0.1) is 44.2 Å². The molecular formula is C43H29N5O. The minimum absolute atomic E-state index is 0.112. The van der Waals surface area contributed by atoms with Gasteiger partial charge in [-0.2, -0.15) is 0 Å². The molecule has 0 aliphatic carbocycles. The fourth-order valence-corrected chi connectivity index (χ4v) is 7.19. The normalized spacial score (nSPS) is 12.0. The third kappa shape index (κ3) is 4.17. The molecule has 0 N–H and O–H groups in total. The Morgan fingerprint density at radius 1 is 0.551 bits per heavy atom. The number of hydrogen-bond acceptors (Lipinski definition) is 3. The van der Waals surface area contributed by atoms with E-state index in [1.54, 1.807) is 12.2 Å². The standard InChI is InChI=1S/C43H29N5O/c1-3-17-28(4-2)38-31-22-11-14-25-34(31)44-43(45-38)48-35-26-15-12-23-32(35)37-40(48)41-39(47(42(37)49)30-20-9-6-10-21-30)33-24-13-16-27-36(33)46(41)29-18-7-5-8-19-29/h3-27H,1-2H2/b28-17+. The lowest BCUT2D eigenvalue weighted by Crippen LogP contribution is -2.19. The number of benzene rings is 5. The second kappa shape index (κ2) is 11.2. The number of para-hydroxylation sites is 5. The van der Waals surface area contributed by atoms with Gasteiger partial charge in [-0.05, 0) is 42.5 Å². The molecule has 232 valence electrons. The summed E-state index contributed by atoms with van der Waals surface area (Å²) in [5.74, 6) is 0.458.